The Kier molecular flexibility index (Phi) is 7.62. The van der Waals surface area contributed by atoms with Crippen LogP contribution in [-0.4, -0.2) is 36.9 Å². The number of fused-ring (bicyclic) bond motifs is 1. The zero-order valence-electron chi connectivity index (χ0n) is 18.9. The van der Waals surface area contributed by atoms with E-state index >= 15 is 0 Å². The van der Waals surface area contributed by atoms with E-state index in [2.05, 4.69) is 34.7 Å². The van der Waals surface area contributed by atoms with E-state index in [0.717, 1.165) is 25.1 Å². The second-order valence-electron chi connectivity index (χ2n) is 8.16. The zero-order valence-corrected chi connectivity index (χ0v) is 19.6. The molecule has 34 heavy (non-hydrogen) atoms. The molecule has 0 saturated carbocycles. The molecule has 1 aliphatic heterocycles. The maximum Gasteiger partial charge on any atom is 0.291 e. The molecule has 174 valence electrons. The highest BCUT2D eigenvalue weighted by Gasteiger charge is 2.23. The predicted molar refractivity (Wildman–Crippen MR) is 135 cm³/mol. The van der Waals surface area contributed by atoms with Crippen molar-refractivity contribution in [3.8, 4) is 5.75 Å². The Morgan fingerprint density at radius 2 is 1.85 bits per heavy atom. The molecular weight excluding hydrogens is 450 g/mol. The summed E-state index contributed by atoms with van der Waals surface area (Å²) in [5, 5.41) is 6.36. The molecular formula is C27H26ClN3O3. The summed E-state index contributed by atoms with van der Waals surface area (Å²) < 4.78 is 5.77. The Morgan fingerprint density at radius 3 is 2.62 bits per heavy atom. The summed E-state index contributed by atoms with van der Waals surface area (Å²) in [6.45, 7) is 2.30. The van der Waals surface area contributed by atoms with Gasteiger partial charge in [-0.3, -0.25) is 9.59 Å². The number of benzene rings is 3. The van der Waals surface area contributed by atoms with Crippen molar-refractivity contribution in [1.29, 1.82) is 0 Å². The number of hydrogen-bond donors (Lipinski definition) is 2. The fraction of sp³-hybridized carbons (Fsp3) is 0.185. The third kappa shape index (κ3) is 6.25. The van der Waals surface area contributed by atoms with Crippen molar-refractivity contribution < 1.29 is 14.3 Å². The first kappa shape index (κ1) is 23.5. The van der Waals surface area contributed by atoms with Gasteiger partial charge in [-0.1, -0.05) is 54.1 Å². The highest BCUT2D eigenvalue weighted by molar-refractivity contribution is 6.30. The third-order valence-electron chi connectivity index (χ3n) is 5.40. The first-order valence-corrected chi connectivity index (χ1v) is 11.5. The minimum atomic E-state index is -0.374. The van der Waals surface area contributed by atoms with Crippen LogP contribution in [0.1, 0.15) is 27.9 Å². The van der Waals surface area contributed by atoms with Crippen LogP contribution < -0.4 is 15.4 Å². The number of amides is 2. The first-order chi connectivity index (χ1) is 16.5. The molecule has 0 spiro atoms. The van der Waals surface area contributed by atoms with Gasteiger partial charge in [0.2, 0.25) is 0 Å². The van der Waals surface area contributed by atoms with Crippen LogP contribution in [0.3, 0.4) is 0 Å². The van der Waals surface area contributed by atoms with Gasteiger partial charge in [-0.2, -0.15) is 0 Å². The maximum absolute atomic E-state index is 12.6. The van der Waals surface area contributed by atoms with Gasteiger partial charge in [0.15, 0.2) is 11.5 Å². The van der Waals surface area contributed by atoms with Crippen LogP contribution in [0, 0.1) is 0 Å². The van der Waals surface area contributed by atoms with Gasteiger partial charge in [0.1, 0.15) is 0 Å². The Balaban J connectivity index is 1.29. The molecule has 0 saturated heterocycles. The van der Waals surface area contributed by atoms with E-state index in [-0.39, 0.29) is 17.6 Å². The Labute approximate surface area is 204 Å². The van der Waals surface area contributed by atoms with Crippen LogP contribution in [0.25, 0.3) is 6.08 Å². The van der Waals surface area contributed by atoms with Gasteiger partial charge in [0.25, 0.3) is 11.8 Å². The van der Waals surface area contributed by atoms with Crippen LogP contribution in [-0.2, 0) is 11.3 Å². The van der Waals surface area contributed by atoms with Crippen molar-refractivity contribution >= 4 is 35.2 Å². The minimum Gasteiger partial charge on any atom is -0.449 e. The molecule has 0 unspecified atom stereocenters. The number of rotatable bonds is 8. The van der Waals surface area contributed by atoms with Crippen molar-refractivity contribution in [2.75, 3.05) is 25.5 Å². The van der Waals surface area contributed by atoms with E-state index < -0.39 is 0 Å². The number of ether oxygens (including phenoxy) is 1. The lowest BCUT2D eigenvalue weighted by Crippen LogP contribution is -2.28. The van der Waals surface area contributed by atoms with Gasteiger partial charge in [-0.25, -0.2) is 0 Å². The van der Waals surface area contributed by atoms with E-state index in [9.17, 15) is 9.59 Å². The first-order valence-electron chi connectivity index (χ1n) is 11.1. The quantitative estimate of drug-likeness (QED) is 0.356. The zero-order chi connectivity index (χ0) is 23.9. The summed E-state index contributed by atoms with van der Waals surface area (Å²) in [5.74, 6) is 0.0947. The molecule has 7 heteroatoms. The van der Waals surface area contributed by atoms with E-state index in [1.807, 2.05) is 18.2 Å². The molecule has 2 N–H and O–H groups in total. The Bertz CT molecular complexity index is 1190. The number of carbonyl (C=O) groups excluding carboxylic acids is 2. The molecule has 6 nitrogen and oxygen atoms in total. The average molecular weight is 476 g/mol. The van der Waals surface area contributed by atoms with E-state index in [0.29, 0.717) is 28.6 Å². The number of nitrogens with zero attached hydrogens (tertiary/aromatic N) is 1. The number of carbonyl (C=O) groups is 2. The summed E-state index contributed by atoms with van der Waals surface area (Å²) in [6.07, 6.45) is 2.47. The lowest BCUT2D eigenvalue weighted by Gasteiger charge is -2.20. The third-order valence-corrected chi connectivity index (χ3v) is 5.65. The normalized spacial score (nSPS) is 13.9. The van der Waals surface area contributed by atoms with Gasteiger partial charge in [0.05, 0.1) is 5.69 Å². The molecule has 1 heterocycles. The smallest absolute Gasteiger partial charge is 0.291 e. The van der Waals surface area contributed by atoms with Crippen molar-refractivity contribution in [3.05, 3.63) is 100 Å². The van der Waals surface area contributed by atoms with E-state index in [4.69, 9.17) is 16.3 Å². The Morgan fingerprint density at radius 1 is 1.09 bits per heavy atom. The SMILES string of the molecule is CN(CCCNC(=O)c1ccc2c(c1)NC(=O)/C(=C\c1ccc(Cl)cc1)O2)Cc1ccccc1. The molecule has 0 radical (unpaired) electrons. The lowest BCUT2D eigenvalue weighted by molar-refractivity contribution is -0.115. The summed E-state index contributed by atoms with van der Waals surface area (Å²) in [6, 6.07) is 22.4. The van der Waals surface area contributed by atoms with Crippen LogP contribution in [0.15, 0.2) is 78.6 Å². The maximum atomic E-state index is 12.6. The number of nitrogens with one attached hydrogen (secondary N) is 2. The van der Waals surface area contributed by atoms with E-state index in [1.54, 1.807) is 48.5 Å². The van der Waals surface area contributed by atoms with Gasteiger partial charge < -0.3 is 20.3 Å². The van der Waals surface area contributed by atoms with Crippen LogP contribution >= 0.6 is 11.6 Å². The van der Waals surface area contributed by atoms with Crippen LogP contribution in [0.4, 0.5) is 5.69 Å². The average Bonchev–Trinajstić information content (AvgIpc) is 2.84. The molecule has 3 aromatic carbocycles. The van der Waals surface area contributed by atoms with Gasteiger partial charge in [-0.05, 0) is 67.5 Å². The molecule has 2 amide bonds. The van der Waals surface area contributed by atoms with Crippen molar-refractivity contribution in [2.24, 2.45) is 0 Å². The molecule has 4 rings (SSSR count). The number of anilines is 1. The van der Waals surface area contributed by atoms with Gasteiger partial charge in [-0.15, -0.1) is 0 Å². The number of halogens is 1. The largest absolute Gasteiger partial charge is 0.449 e. The summed E-state index contributed by atoms with van der Waals surface area (Å²) in [4.78, 5) is 27.3. The van der Waals surface area contributed by atoms with Crippen LogP contribution in [0.5, 0.6) is 5.75 Å². The van der Waals surface area contributed by atoms with Crippen molar-refractivity contribution in [2.45, 2.75) is 13.0 Å². The molecule has 0 aromatic heterocycles. The number of hydrogen-bond acceptors (Lipinski definition) is 4. The van der Waals surface area contributed by atoms with Crippen molar-refractivity contribution in [1.82, 2.24) is 10.2 Å². The fourth-order valence-electron chi connectivity index (χ4n) is 3.64. The summed E-state index contributed by atoms with van der Waals surface area (Å²) in [7, 11) is 2.07. The van der Waals surface area contributed by atoms with E-state index in [1.165, 1.54) is 5.56 Å². The highest BCUT2D eigenvalue weighted by atomic mass is 35.5. The summed E-state index contributed by atoms with van der Waals surface area (Å²) >= 11 is 5.91. The van der Waals surface area contributed by atoms with Crippen LogP contribution in [0.2, 0.25) is 5.02 Å². The lowest BCUT2D eigenvalue weighted by atomic mass is 10.1. The second kappa shape index (κ2) is 11.0. The minimum absolute atomic E-state index is 0.173. The topological polar surface area (TPSA) is 70.7 Å². The van der Waals surface area contributed by atoms with Gasteiger partial charge >= 0.3 is 0 Å². The monoisotopic (exact) mass is 475 g/mol. The van der Waals surface area contributed by atoms with Crippen molar-refractivity contribution in [3.63, 3.8) is 0 Å². The molecule has 3 aromatic rings. The summed E-state index contributed by atoms with van der Waals surface area (Å²) in [5.41, 5.74) is 2.99. The Hall–Kier alpha value is -3.61. The standard InChI is InChI=1S/C27H26ClN3O3/c1-31(18-20-6-3-2-4-7-20)15-5-14-29-26(32)21-10-13-24-23(17-21)30-27(33)25(34-24)16-19-8-11-22(28)12-9-19/h2-4,6-13,16-17H,5,14-15,18H2,1H3,(H,29,32)(H,30,33)/b25-16+. The highest BCUT2D eigenvalue weighted by Crippen LogP contribution is 2.32. The molecule has 0 fully saturated rings. The predicted octanol–water partition coefficient (Wildman–Crippen LogP) is 4.96. The molecule has 0 aliphatic carbocycles. The molecule has 0 atom stereocenters. The van der Waals surface area contributed by atoms with Gasteiger partial charge in [0, 0.05) is 23.7 Å². The molecule has 0 bridgehead atoms. The second-order valence-corrected chi connectivity index (χ2v) is 8.60. The molecule has 1 aliphatic rings. The fourth-order valence-corrected chi connectivity index (χ4v) is 3.77.